The van der Waals surface area contributed by atoms with Crippen molar-refractivity contribution in [3.05, 3.63) is 16.5 Å². The van der Waals surface area contributed by atoms with E-state index in [0.717, 1.165) is 22.8 Å². The van der Waals surface area contributed by atoms with Crippen LogP contribution < -0.4 is 5.32 Å². The minimum Gasteiger partial charge on any atom is -0.368 e. The van der Waals surface area contributed by atoms with E-state index in [-0.39, 0.29) is 0 Å². The van der Waals surface area contributed by atoms with Crippen LogP contribution in [-0.4, -0.2) is 41.0 Å². The number of anilines is 1. The van der Waals surface area contributed by atoms with Crippen molar-refractivity contribution in [2.24, 2.45) is 0 Å². The van der Waals surface area contributed by atoms with Gasteiger partial charge >= 0.3 is 0 Å². The zero-order chi connectivity index (χ0) is 11.5. The van der Waals surface area contributed by atoms with Crippen molar-refractivity contribution in [1.82, 2.24) is 14.9 Å². The SMILES string of the molecule is Cc1nc(Br)cc(NCC2CCCN2C)n1. The molecule has 88 valence electrons. The number of hydrogen-bond donors (Lipinski definition) is 1. The second-order valence-corrected chi connectivity index (χ2v) is 5.09. The number of likely N-dealkylation sites (N-methyl/N-ethyl adjacent to an activating group) is 1. The number of rotatable bonds is 3. The van der Waals surface area contributed by atoms with E-state index in [1.165, 1.54) is 19.4 Å². The van der Waals surface area contributed by atoms with Gasteiger partial charge in [-0.3, -0.25) is 0 Å². The third-order valence-corrected chi connectivity index (χ3v) is 3.40. The molecule has 4 nitrogen and oxygen atoms in total. The van der Waals surface area contributed by atoms with E-state index in [1.807, 2.05) is 13.0 Å². The number of hydrogen-bond acceptors (Lipinski definition) is 4. The fourth-order valence-electron chi connectivity index (χ4n) is 2.08. The lowest BCUT2D eigenvalue weighted by Gasteiger charge is -2.20. The Balaban J connectivity index is 1.94. The van der Waals surface area contributed by atoms with Crippen molar-refractivity contribution in [3.63, 3.8) is 0 Å². The molecule has 0 aliphatic carbocycles. The smallest absolute Gasteiger partial charge is 0.130 e. The molecule has 1 N–H and O–H groups in total. The monoisotopic (exact) mass is 284 g/mol. The number of aryl methyl sites for hydroxylation is 1. The standard InChI is InChI=1S/C11H17BrN4/c1-8-14-10(12)6-11(15-8)13-7-9-4-3-5-16(9)2/h6,9H,3-5,7H2,1-2H3,(H,13,14,15). The summed E-state index contributed by atoms with van der Waals surface area (Å²) in [4.78, 5) is 10.9. The number of nitrogens with one attached hydrogen (secondary N) is 1. The van der Waals surface area contributed by atoms with Gasteiger partial charge in [-0.15, -0.1) is 0 Å². The zero-order valence-electron chi connectivity index (χ0n) is 9.70. The third kappa shape index (κ3) is 2.92. The van der Waals surface area contributed by atoms with Crippen molar-refractivity contribution in [2.45, 2.75) is 25.8 Å². The van der Waals surface area contributed by atoms with Gasteiger partial charge in [-0.05, 0) is 49.3 Å². The summed E-state index contributed by atoms with van der Waals surface area (Å²) in [5.74, 6) is 1.69. The van der Waals surface area contributed by atoms with E-state index < -0.39 is 0 Å². The van der Waals surface area contributed by atoms with Gasteiger partial charge in [0.1, 0.15) is 16.2 Å². The van der Waals surface area contributed by atoms with Crippen molar-refractivity contribution < 1.29 is 0 Å². The number of likely N-dealkylation sites (tertiary alicyclic amines) is 1. The fourth-order valence-corrected chi connectivity index (χ4v) is 2.55. The van der Waals surface area contributed by atoms with Gasteiger partial charge in [0, 0.05) is 18.7 Å². The maximum absolute atomic E-state index is 4.35. The second kappa shape index (κ2) is 5.10. The van der Waals surface area contributed by atoms with Gasteiger partial charge in [-0.25, -0.2) is 9.97 Å². The lowest BCUT2D eigenvalue weighted by Crippen LogP contribution is -2.31. The maximum atomic E-state index is 4.35. The van der Waals surface area contributed by atoms with Crippen molar-refractivity contribution in [3.8, 4) is 0 Å². The van der Waals surface area contributed by atoms with E-state index in [0.29, 0.717) is 6.04 Å². The largest absolute Gasteiger partial charge is 0.368 e. The van der Waals surface area contributed by atoms with Gasteiger partial charge in [0.15, 0.2) is 0 Å². The summed E-state index contributed by atoms with van der Waals surface area (Å²) >= 11 is 3.38. The highest BCUT2D eigenvalue weighted by Gasteiger charge is 2.20. The molecule has 1 aromatic heterocycles. The van der Waals surface area contributed by atoms with E-state index in [2.05, 4.69) is 43.2 Å². The van der Waals surface area contributed by atoms with Crippen LogP contribution in [-0.2, 0) is 0 Å². The van der Waals surface area contributed by atoms with Crippen LogP contribution in [0.25, 0.3) is 0 Å². The normalized spacial score (nSPS) is 21.3. The Kier molecular flexibility index (Phi) is 3.76. The summed E-state index contributed by atoms with van der Waals surface area (Å²) in [6.07, 6.45) is 2.57. The predicted octanol–water partition coefficient (Wildman–Crippen LogP) is 2.05. The maximum Gasteiger partial charge on any atom is 0.130 e. The molecule has 0 radical (unpaired) electrons. The van der Waals surface area contributed by atoms with Crippen molar-refractivity contribution in [1.29, 1.82) is 0 Å². The average Bonchev–Trinajstić information content (AvgIpc) is 2.59. The first kappa shape index (κ1) is 11.8. The van der Waals surface area contributed by atoms with E-state index in [1.54, 1.807) is 0 Å². The third-order valence-electron chi connectivity index (χ3n) is 3.00. The summed E-state index contributed by atoms with van der Waals surface area (Å²) in [6, 6.07) is 2.55. The molecule has 1 fully saturated rings. The van der Waals surface area contributed by atoms with Crippen LogP contribution in [0.2, 0.25) is 0 Å². The molecule has 0 saturated carbocycles. The van der Waals surface area contributed by atoms with Gasteiger partial charge in [0.25, 0.3) is 0 Å². The molecule has 0 bridgehead atoms. The Morgan fingerprint density at radius 1 is 1.56 bits per heavy atom. The Labute approximate surface area is 105 Å². The van der Waals surface area contributed by atoms with Crippen molar-refractivity contribution in [2.75, 3.05) is 25.5 Å². The number of halogens is 1. The first-order valence-electron chi connectivity index (χ1n) is 5.60. The molecule has 2 heterocycles. The highest BCUT2D eigenvalue weighted by atomic mass is 79.9. The highest BCUT2D eigenvalue weighted by molar-refractivity contribution is 9.10. The number of aromatic nitrogens is 2. The summed E-state index contributed by atoms with van der Waals surface area (Å²) in [7, 11) is 2.18. The van der Waals surface area contributed by atoms with Gasteiger partial charge in [-0.2, -0.15) is 0 Å². The predicted molar refractivity (Wildman–Crippen MR) is 68.6 cm³/mol. The lowest BCUT2D eigenvalue weighted by atomic mass is 10.2. The lowest BCUT2D eigenvalue weighted by molar-refractivity contribution is 0.322. The van der Waals surface area contributed by atoms with Crippen LogP contribution in [0.5, 0.6) is 0 Å². The van der Waals surface area contributed by atoms with Gasteiger partial charge < -0.3 is 10.2 Å². The molecule has 1 atom stereocenters. The molecule has 2 rings (SSSR count). The fraction of sp³-hybridized carbons (Fsp3) is 0.636. The quantitative estimate of drug-likeness (QED) is 0.863. The molecule has 16 heavy (non-hydrogen) atoms. The molecular weight excluding hydrogens is 268 g/mol. The number of nitrogens with zero attached hydrogens (tertiary/aromatic N) is 3. The van der Waals surface area contributed by atoms with Crippen LogP contribution in [0.15, 0.2) is 10.7 Å². The van der Waals surface area contributed by atoms with Gasteiger partial charge in [0.05, 0.1) is 0 Å². The Morgan fingerprint density at radius 2 is 2.38 bits per heavy atom. The average molecular weight is 285 g/mol. The van der Waals surface area contributed by atoms with E-state index in [9.17, 15) is 0 Å². The van der Waals surface area contributed by atoms with Crippen LogP contribution in [0.3, 0.4) is 0 Å². The minimum absolute atomic E-state index is 0.633. The van der Waals surface area contributed by atoms with Crippen LogP contribution >= 0.6 is 15.9 Å². The highest BCUT2D eigenvalue weighted by Crippen LogP contribution is 2.16. The molecule has 1 aromatic rings. The molecule has 5 heteroatoms. The van der Waals surface area contributed by atoms with Crippen LogP contribution in [0.1, 0.15) is 18.7 Å². The van der Waals surface area contributed by atoms with Crippen LogP contribution in [0, 0.1) is 6.92 Å². The Bertz CT molecular complexity index is 349. The summed E-state index contributed by atoms with van der Waals surface area (Å²) in [5, 5.41) is 3.38. The first-order valence-corrected chi connectivity index (χ1v) is 6.40. The molecule has 0 amide bonds. The van der Waals surface area contributed by atoms with E-state index >= 15 is 0 Å². The summed E-state index contributed by atoms with van der Waals surface area (Å²) in [5.41, 5.74) is 0. The zero-order valence-corrected chi connectivity index (χ0v) is 11.3. The molecule has 1 aliphatic rings. The summed E-state index contributed by atoms with van der Waals surface area (Å²) in [6.45, 7) is 4.07. The molecular formula is C11H17BrN4. The van der Waals surface area contributed by atoms with Crippen LogP contribution in [0.4, 0.5) is 5.82 Å². The molecule has 1 saturated heterocycles. The minimum atomic E-state index is 0.633. The molecule has 0 spiro atoms. The topological polar surface area (TPSA) is 41.1 Å². The Hall–Kier alpha value is -0.680. The molecule has 0 aromatic carbocycles. The van der Waals surface area contributed by atoms with Crippen molar-refractivity contribution >= 4 is 21.7 Å². The second-order valence-electron chi connectivity index (χ2n) is 4.28. The Morgan fingerprint density at radius 3 is 3.00 bits per heavy atom. The first-order chi connectivity index (χ1) is 7.65. The summed E-state index contributed by atoms with van der Waals surface area (Å²) < 4.78 is 0.835. The molecule has 1 unspecified atom stereocenters. The van der Waals surface area contributed by atoms with E-state index in [4.69, 9.17) is 0 Å². The van der Waals surface area contributed by atoms with Gasteiger partial charge in [-0.1, -0.05) is 0 Å². The van der Waals surface area contributed by atoms with Gasteiger partial charge in [0.2, 0.25) is 0 Å². The molecule has 1 aliphatic heterocycles.